The second-order valence-corrected chi connectivity index (χ2v) is 4.03. The van der Waals surface area contributed by atoms with Crippen LogP contribution < -0.4 is 0 Å². The molecule has 0 atom stereocenters. The number of aromatic carboxylic acids is 1. The van der Waals surface area contributed by atoms with Crippen LogP contribution >= 0.6 is 0 Å². The number of morpholine rings is 1. The van der Waals surface area contributed by atoms with Gasteiger partial charge in [0.2, 0.25) is 0 Å². The minimum absolute atomic E-state index is 0.129. The fourth-order valence-corrected chi connectivity index (χ4v) is 1.79. The Kier molecular flexibility index (Phi) is 3.97. The molecule has 0 amide bonds. The van der Waals surface area contributed by atoms with E-state index in [-0.39, 0.29) is 5.69 Å². The molecule has 0 aliphatic carbocycles. The van der Waals surface area contributed by atoms with Gasteiger partial charge in [0.1, 0.15) is 0 Å². The summed E-state index contributed by atoms with van der Waals surface area (Å²) in [6, 6.07) is 0. The second-order valence-electron chi connectivity index (χ2n) is 4.03. The van der Waals surface area contributed by atoms with Gasteiger partial charge in [-0.1, -0.05) is 11.8 Å². The Hall–Kier alpha value is -1.84. The SMILES string of the molecule is Cn1ncc(C#CCN2CCOCC2)c1C(=O)O. The smallest absolute Gasteiger partial charge is 0.355 e. The highest BCUT2D eigenvalue weighted by Gasteiger charge is 2.14. The van der Waals surface area contributed by atoms with Gasteiger partial charge in [0.25, 0.3) is 0 Å². The van der Waals surface area contributed by atoms with Gasteiger partial charge in [-0.25, -0.2) is 4.79 Å². The summed E-state index contributed by atoms with van der Waals surface area (Å²) in [4.78, 5) is 13.2. The van der Waals surface area contributed by atoms with Gasteiger partial charge >= 0.3 is 5.97 Å². The van der Waals surface area contributed by atoms with Crippen molar-refractivity contribution < 1.29 is 14.6 Å². The standard InChI is InChI=1S/C12H15N3O3/c1-14-11(12(16)17)10(9-13-14)3-2-4-15-5-7-18-8-6-15/h9H,4-8H2,1H3,(H,16,17). The van der Waals surface area contributed by atoms with Gasteiger partial charge < -0.3 is 9.84 Å². The molecule has 1 fully saturated rings. The first-order valence-corrected chi connectivity index (χ1v) is 5.73. The molecule has 1 N–H and O–H groups in total. The molecule has 0 unspecified atom stereocenters. The second kappa shape index (κ2) is 5.67. The lowest BCUT2D eigenvalue weighted by Crippen LogP contribution is -2.36. The van der Waals surface area contributed by atoms with E-state index in [1.807, 2.05) is 0 Å². The lowest BCUT2D eigenvalue weighted by Gasteiger charge is -2.24. The fourth-order valence-electron chi connectivity index (χ4n) is 1.79. The van der Waals surface area contributed by atoms with Crippen molar-refractivity contribution in [3.8, 4) is 11.8 Å². The Morgan fingerprint density at radius 2 is 2.28 bits per heavy atom. The lowest BCUT2D eigenvalue weighted by molar-refractivity contribution is 0.0443. The maximum Gasteiger partial charge on any atom is 0.355 e. The maximum absolute atomic E-state index is 11.0. The zero-order valence-electron chi connectivity index (χ0n) is 10.2. The molecule has 0 radical (unpaired) electrons. The van der Waals surface area contributed by atoms with Gasteiger partial charge in [0.05, 0.1) is 31.5 Å². The number of rotatable bonds is 2. The van der Waals surface area contributed by atoms with Crippen LogP contribution in [0, 0.1) is 11.8 Å². The number of aromatic nitrogens is 2. The average molecular weight is 249 g/mol. The first-order valence-electron chi connectivity index (χ1n) is 5.73. The monoisotopic (exact) mass is 249 g/mol. The highest BCUT2D eigenvalue weighted by molar-refractivity contribution is 5.88. The van der Waals surface area contributed by atoms with Crippen LogP contribution in [0.3, 0.4) is 0 Å². The molecule has 6 heteroatoms. The largest absolute Gasteiger partial charge is 0.476 e. The van der Waals surface area contributed by atoms with Gasteiger partial charge in [-0.15, -0.1) is 0 Å². The van der Waals surface area contributed by atoms with Crippen molar-refractivity contribution in [2.24, 2.45) is 7.05 Å². The van der Waals surface area contributed by atoms with Crippen LogP contribution in [0.15, 0.2) is 6.20 Å². The van der Waals surface area contributed by atoms with E-state index >= 15 is 0 Å². The van der Waals surface area contributed by atoms with Gasteiger partial charge in [0.15, 0.2) is 5.69 Å². The fraction of sp³-hybridized carbons (Fsp3) is 0.500. The predicted octanol–water partition coefficient (Wildman–Crippen LogP) is -0.198. The zero-order valence-corrected chi connectivity index (χ0v) is 10.2. The van der Waals surface area contributed by atoms with Gasteiger partial charge in [-0.2, -0.15) is 5.10 Å². The number of hydrogen-bond donors (Lipinski definition) is 1. The van der Waals surface area contributed by atoms with Crippen LogP contribution in [0.2, 0.25) is 0 Å². The van der Waals surface area contributed by atoms with Crippen LogP contribution in [0.25, 0.3) is 0 Å². The van der Waals surface area contributed by atoms with Crippen LogP contribution in [0.1, 0.15) is 16.1 Å². The van der Waals surface area contributed by atoms with Crippen LogP contribution in [-0.4, -0.2) is 58.6 Å². The summed E-state index contributed by atoms with van der Waals surface area (Å²) in [6.07, 6.45) is 1.48. The molecule has 0 bridgehead atoms. The highest BCUT2D eigenvalue weighted by Crippen LogP contribution is 2.05. The minimum atomic E-state index is -1.01. The first-order chi connectivity index (χ1) is 8.68. The summed E-state index contributed by atoms with van der Waals surface area (Å²) in [6.45, 7) is 3.82. The molecule has 18 heavy (non-hydrogen) atoms. The van der Waals surface area contributed by atoms with Crippen LogP contribution in [-0.2, 0) is 11.8 Å². The van der Waals surface area contributed by atoms with Gasteiger partial charge in [-0.3, -0.25) is 9.58 Å². The van der Waals surface area contributed by atoms with E-state index in [1.54, 1.807) is 7.05 Å². The number of carbonyl (C=O) groups is 1. The molecule has 1 aromatic rings. The van der Waals surface area contributed by atoms with E-state index in [0.717, 1.165) is 26.3 Å². The summed E-state index contributed by atoms with van der Waals surface area (Å²) in [7, 11) is 1.59. The Morgan fingerprint density at radius 3 is 2.94 bits per heavy atom. The quantitative estimate of drug-likeness (QED) is 0.735. The number of hydrogen-bond acceptors (Lipinski definition) is 4. The molecule has 1 saturated heterocycles. The third-order valence-electron chi connectivity index (χ3n) is 2.77. The van der Waals surface area contributed by atoms with Crippen molar-refractivity contribution >= 4 is 5.97 Å². The Labute approximate surface area is 105 Å². The van der Waals surface area contributed by atoms with Gasteiger partial charge in [-0.05, 0) is 0 Å². The topological polar surface area (TPSA) is 67.6 Å². The van der Waals surface area contributed by atoms with E-state index in [2.05, 4.69) is 21.8 Å². The molecule has 1 aromatic heterocycles. The summed E-state index contributed by atoms with van der Waals surface area (Å²) < 4.78 is 6.56. The van der Waals surface area contributed by atoms with Crippen molar-refractivity contribution in [3.05, 3.63) is 17.5 Å². The molecule has 1 aliphatic heterocycles. The van der Waals surface area contributed by atoms with E-state index in [9.17, 15) is 4.79 Å². The molecule has 1 aliphatic rings. The zero-order chi connectivity index (χ0) is 13.0. The van der Waals surface area contributed by atoms with E-state index in [4.69, 9.17) is 9.84 Å². The summed E-state index contributed by atoms with van der Waals surface area (Å²) in [5.41, 5.74) is 0.586. The summed E-state index contributed by atoms with van der Waals surface area (Å²) in [5, 5.41) is 12.9. The number of carboxylic acid groups (broad SMARTS) is 1. The Bertz CT molecular complexity index is 492. The van der Waals surface area contributed by atoms with Crippen LogP contribution in [0.4, 0.5) is 0 Å². The highest BCUT2D eigenvalue weighted by atomic mass is 16.5. The normalized spacial score (nSPS) is 16.1. The van der Waals surface area contributed by atoms with Gasteiger partial charge in [0, 0.05) is 20.1 Å². The molecule has 0 saturated carbocycles. The summed E-state index contributed by atoms with van der Waals surface area (Å²) >= 11 is 0. The molecular weight excluding hydrogens is 234 g/mol. The maximum atomic E-state index is 11.0. The van der Waals surface area contributed by atoms with Crippen molar-refractivity contribution in [2.75, 3.05) is 32.8 Å². The third kappa shape index (κ3) is 2.88. The lowest BCUT2D eigenvalue weighted by atomic mass is 10.2. The number of nitrogens with zero attached hydrogens (tertiary/aromatic N) is 3. The Balaban J connectivity index is 2.03. The molecule has 6 nitrogen and oxygen atoms in total. The van der Waals surface area contributed by atoms with Crippen molar-refractivity contribution in [1.82, 2.24) is 14.7 Å². The van der Waals surface area contributed by atoms with E-state index in [0.29, 0.717) is 12.1 Å². The number of ether oxygens (including phenoxy) is 1. The van der Waals surface area contributed by atoms with Crippen molar-refractivity contribution in [3.63, 3.8) is 0 Å². The minimum Gasteiger partial charge on any atom is -0.476 e. The predicted molar refractivity (Wildman–Crippen MR) is 64.3 cm³/mol. The van der Waals surface area contributed by atoms with Crippen LogP contribution in [0.5, 0.6) is 0 Å². The number of aryl methyl sites for hydroxylation is 1. The molecular formula is C12H15N3O3. The Morgan fingerprint density at radius 1 is 1.56 bits per heavy atom. The van der Waals surface area contributed by atoms with Crippen molar-refractivity contribution in [1.29, 1.82) is 0 Å². The molecule has 0 aromatic carbocycles. The first kappa shape index (κ1) is 12.6. The molecule has 96 valence electrons. The third-order valence-corrected chi connectivity index (χ3v) is 2.77. The average Bonchev–Trinajstić information content (AvgIpc) is 2.72. The number of carboxylic acids is 1. The van der Waals surface area contributed by atoms with Crippen molar-refractivity contribution in [2.45, 2.75) is 0 Å². The van der Waals surface area contributed by atoms with E-state index in [1.165, 1.54) is 10.9 Å². The van der Waals surface area contributed by atoms with E-state index < -0.39 is 5.97 Å². The molecule has 2 rings (SSSR count). The molecule has 2 heterocycles. The molecule has 0 spiro atoms. The summed E-state index contributed by atoms with van der Waals surface area (Å²) in [5.74, 6) is 4.84.